The molecule has 244 valence electrons. The van der Waals surface area contributed by atoms with Crippen molar-refractivity contribution in [2.45, 2.75) is 0 Å². The van der Waals surface area contributed by atoms with E-state index in [0.717, 1.165) is 55.6 Å². The summed E-state index contributed by atoms with van der Waals surface area (Å²) < 4.78 is 6.37. The average molecular weight is 665 g/mol. The number of anilines is 3. The Bertz CT molecular complexity index is 2890. The van der Waals surface area contributed by atoms with Crippen molar-refractivity contribution in [2.75, 3.05) is 4.90 Å². The van der Waals surface area contributed by atoms with E-state index in [2.05, 4.69) is 169 Å². The number of rotatable bonds is 6. The predicted octanol–water partition coefficient (Wildman–Crippen LogP) is 13.8. The fourth-order valence-corrected chi connectivity index (χ4v) is 7.53. The van der Waals surface area contributed by atoms with E-state index in [1.807, 2.05) is 30.3 Å². The van der Waals surface area contributed by atoms with Gasteiger partial charge < -0.3 is 9.32 Å². The second-order valence-electron chi connectivity index (χ2n) is 13.2. The van der Waals surface area contributed by atoms with E-state index >= 15 is 0 Å². The Kier molecular flexibility index (Phi) is 7.14. The maximum absolute atomic E-state index is 6.37. The lowest BCUT2D eigenvalue weighted by Crippen LogP contribution is -2.09. The van der Waals surface area contributed by atoms with Crippen molar-refractivity contribution in [1.29, 1.82) is 0 Å². The van der Waals surface area contributed by atoms with Crippen LogP contribution in [0.2, 0.25) is 0 Å². The number of fused-ring (bicyclic) bond motifs is 5. The number of hydrogen-bond donors (Lipinski definition) is 0. The summed E-state index contributed by atoms with van der Waals surface area (Å²) >= 11 is 0. The largest absolute Gasteiger partial charge is 0.435 e. The van der Waals surface area contributed by atoms with Crippen molar-refractivity contribution in [3.05, 3.63) is 194 Å². The highest BCUT2D eigenvalue weighted by Gasteiger charge is 2.17. The molecule has 1 heterocycles. The van der Waals surface area contributed by atoms with Crippen LogP contribution in [0.25, 0.3) is 77.1 Å². The van der Waals surface area contributed by atoms with Gasteiger partial charge in [-0.05, 0) is 110 Å². The molecule has 0 amide bonds. The van der Waals surface area contributed by atoms with Gasteiger partial charge in [0.1, 0.15) is 5.52 Å². The van der Waals surface area contributed by atoms with Crippen LogP contribution in [0.3, 0.4) is 0 Å². The second kappa shape index (κ2) is 12.4. The van der Waals surface area contributed by atoms with E-state index < -0.39 is 0 Å². The highest BCUT2D eigenvalue weighted by Crippen LogP contribution is 2.40. The first-order valence-electron chi connectivity index (χ1n) is 17.6. The molecule has 0 radical (unpaired) electrons. The van der Waals surface area contributed by atoms with Crippen LogP contribution in [0.15, 0.2) is 199 Å². The lowest BCUT2D eigenvalue weighted by Gasteiger charge is -2.26. The minimum absolute atomic E-state index is 0.634. The first-order chi connectivity index (χ1) is 25.8. The summed E-state index contributed by atoms with van der Waals surface area (Å²) in [6, 6.07) is 68.8. The predicted molar refractivity (Wildman–Crippen MR) is 218 cm³/mol. The van der Waals surface area contributed by atoms with E-state index in [9.17, 15) is 0 Å². The van der Waals surface area contributed by atoms with Gasteiger partial charge in [0.05, 0.1) is 0 Å². The van der Waals surface area contributed by atoms with Gasteiger partial charge in [-0.1, -0.05) is 133 Å². The number of para-hydroxylation sites is 1. The molecular weight excluding hydrogens is 633 g/mol. The molecule has 0 saturated heterocycles. The molecule has 3 heteroatoms. The Morgan fingerprint density at radius 3 is 1.81 bits per heavy atom. The van der Waals surface area contributed by atoms with Crippen LogP contribution in [0.1, 0.15) is 0 Å². The SMILES string of the molecule is c1ccc(-c2nc3cc(-c4ccc5cc(N(c6ccccc6)c6ccc(-c7cccc8ccccc78)cc6)ccc5c4)c4ccccc4c3o2)cc1. The van der Waals surface area contributed by atoms with E-state index in [1.165, 1.54) is 32.7 Å². The van der Waals surface area contributed by atoms with Gasteiger partial charge in [-0.2, -0.15) is 0 Å². The molecule has 3 nitrogen and oxygen atoms in total. The molecule has 0 spiro atoms. The Balaban J connectivity index is 1.04. The third-order valence-electron chi connectivity index (χ3n) is 10.1. The van der Waals surface area contributed by atoms with Crippen LogP contribution >= 0.6 is 0 Å². The Morgan fingerprint density at radius 2 is 0.981 bits per heavy atom. The quantitative estimate of drug-likeness (QED) is 0.177. The van der Waals surface area contributed by atoms with Crippen LogP contribution in [0.4, 0.5) is 17.1 Å². The monoisotopic (exact) mass is 664 g/mol. The molecule has 0 bridgehead atoms. The van der Waals surface area contributed by atoms with Crippen molar-refractivity contribution >= 4 is 60.5 Å². The Labute approximate surface area is 301 Å². The summed E-state index contributed by atoms with van der Waals surface area (Å²) in [5, 5.41) is 7.06. The normalized spacial score (nSPS) is 11.5. The van der Waals surface area contributed by atoms with Gasteiger partial charge in [-0.3, -0.25) is 0 Å². The zero-order valence-electron chi connectivity index (χ0n) is 28.3. The van der Waals surface area contributed by atoms with E-state index in [1.54, 1.807) is 0 Å². The van der Waals surface area contributed by atoms with Crippen molar-refractivity contribution in [3.8, 4) is 33.7 Å². The summed E-state index contributed by atoms with van der Waals surface area (Å²) in [4.78, 5) is 7.26. The summed E-state index contributed by atoms with van der Waals surface area (Å²) in [5.74, 6) is 0.634. The van der Waals surface area contributed by atoms with E-state index in [4.69, 9.17) is 9.40 Å². The van der Waals surface area contributed by atoms with Gasteiger partial charge >= 0.3 is 0 Å². The molecule has 9 aromatic carbocycles. The summed E-state index contributed by atoms with van der Waals surface area (Å²) in [5.41, 5.74) is 10.7. The van der Waals surface area contributed by atoms with Crippen molar-refractivity contribution in [2.24, 2.45) is 0 Å². The second-order valence-corrected chi connectivity index (χ2v) is 13.2. The summed E-state index contributed by atoms with van der Waals surface area (Å²) in [6.07, 6.45) is 0. The number of aromatic nitrogens is 1. The third kappa shape index (κ3) is 5.19. The maximum Gasteiger partial charge on any atom is 0.227 e. The molecule has 0 N–H and O–H groups in total. The van der Waals surface area contributed by atoms with Gasteiger partial charge in [0.15, 0.2) is 5.58 Å². The molecule has 52 heavy (non-hydrogen) atoms. The van der Waals surface area contributed by atoms with Crippen LogP contribution in [0.5, 0.6) is 0 Å². The van der Waals surface area contributed by atoms with Crippen molar-refractivity contribution < 1.29 is 4.42 Å². The summed E-state index contributed by atoms with van der Waals surface area (Å²) in [6.45, 7) is 0. The molecule has 1 aromatic heterocycles. The Hall–Kier alpha value is -6.97. The highest BCUT2D eigenvalue weighted by atomic mass is 16.3. The molecule has 0 atom stereocenters. The first kappa shape index (κ1) is 29.9. The highest BCUT2D eigenvalue weighted by molar-refractivity contribution is 6.11. The fraction of sp³-hybridized carbons (Fsp3) is 0. The average Bonchev–Trinajstić information content (AvgIpc) is 3.66. The standard InChI is InChI=1S/C49H32N2O/c1-3-13-35(14-4-1)49-50-47-32-46(44-19-9-10-20-45(44)48(47)52-49)38-23-22-37-31-41(29-26-36(37)30-38)51(39-16-5-2-6-17-39)40-27-24-34(25-28-40)43-21-11-15-33-12-7-8-18-42(33)43/h1-32H. The third-order valence-corrected chi connectivity index (χ3v) is 10.1. The lowest BCUT2D eigenvalue weighted by molar-refractivity contribution is 0.623. The number of nitrogens with zero attached hydrogens (tertiary/aromatic N) is 2. The number of oxazole rings is 1. The van der Waals surface area contributed by atoms with E-state index in [0.29, 0.717) is 5.89 Å². The first-order valence-corrected chi connectivity index (χ1v) is 17.6. The minimum Gasteiger partial charge on any atom is -0.435 e. The van der Waals surface area contributed by atoms with Gasteiger partial charge in [0, 0.05) is 28.0 Å². The number of hydrogen-bond acceptors (Lipinski definition) is 3. The fourth-order valence-electron chi connectivity index (χ4n) is 7.53. The molecule has 0 saturated carbocycles. The Morgan fingerprint density at radius 1 is 0.365 bits per heavy atom. The van der Waals surface area contributed by atoms with Crippen molar-refractivity contribution in [1.82, 2.24) is 4.98 Å². The summed E-state index contributed by atoms with van der Waals surface area (Å²) in [7, 11) is 0. The molecule has 0 aliphatic rings. The smallest absolute Gasteiger partial charge is 0.227 e. The topological polar surface area (TPSA) is 29.3 Å². The molecule has 10 rings (SSSR count). The maximum atomic E-state index is 6.37. The van der Waals surface area contributed by atoms with Gasteiger partial charge in [-0.15, -0.1) is 0 Å². The van der Waals surface area contributed by atoms with Crippen LogP contribution in [-0.2, 0) is 0 Å². The molecular formula is C49H32N2O. The minimum atomic E-state index is 0.634. The van der Waals surface area contributed by atoms with E-state index in [-0.39, 0.29) is 0 Å². The van der Waals surface area contributed by atoms with Crippen LogP contribution < -0.4 is 4.90 Å². The van der Waals surface area contributed by atoms with Gasteiger partial charge in [-0.25, -0.2) is 4.98 Å². The van der Waals surface area contributed by atoms with Crippen molar-refractivity contribution in [3.63, 3.8) is 0 Å². The van der Waals surface area contributed by atoms with Crippen LogP contribution in [-0.4, -0.2) is 4.98 Å². The van der Waals surface area contributed by atoms with Gasteiger partial charge in [0.25, 0.3) is 0 Å². The lowest BCUT2D eigenvalue weighted by atomic mass is 9.95. The number of benzene rings is 9. The molecule has 0 fully saturated rings. The van der Waals surface area contributed by atoms with Crippen LogP contribution in [0, 0.1) is 0 Å². The molecule has 10 aromatic rings. The zero-order chi connectivity index (χ0) is 34.4. The molecule has 0 aliphatic carbocycles. The zero-order valence-corrected chi connectivity index (χ0v) is 28.3. The van der Waals surface area contributed by atoms with Gasteiger partial charge in [0.2, 0.25) is 5.89 Å². The molecule has 0 unspecified atom stereocenters. The molecule has 0 aliphatic heterocycles.